The van der Waals surface area contributed by atoms with Crippen molar-refractivity contribution in [1.29, 1.82) is 0 Å². The summed E-state index contributed by atoms with van der Waals surface area (Å²) in [6.07, 6.45) is 11.7. The van der Waals surface area contributed by atoms with Gasteiger partial charge in [0.2, 0.25) is 0 Å². The lowest BCUT2D eigenvalue weighted by atomic mass is 10.0. The second-order valence-corrected chi connectivity index (χ2v) is 13.6. The van der Waals surface area contributed by atoms with Crippen molar-refractivity contribution >= 4 is 64.5 Å². The minimum absolute atomic E-state index is 0.969. The van der Waals surface area contributed by atoms with Gasteiger partial charge in [0.25, 0.3) is 0 Å². The third-order valence-electron chi connectivity index (χ3n) is 9.80. The van der Waals surface area contributed by atoms with Gasteiger partial charge < -0.3 is 9.80 Å². The van der Waals surface area contributed by atoms with Crippen LogP contribution in [0.5, 0.6) is 0 Å². The quantitative estimate of drug-likeness (QED) is 0.117. The Balaban J connectivity index is 1.11. The van der Waals surface area contributed by atoms with E-state index in [4.69, 9.17) is 0 Å². The predicted octanol–water partition coefficient (Wildman–Crippen LogP) is 14.8. The molecule has 0 aliphatic rings. The zero-order valence-electron chi connectivity index (χ0n) is 31.4. The molecule has 0 N–H and O–H groups in total. The molecule has 0 aromatic heterocycles. The van der Waals surface area contributed by atoms with Gasteiger partial charge >= 0.3 is 0 Å². The molecule has 0 aliphatic carbocycles. The van der Waals surface area contributed by atoms with E-state index >= 15 is 0 Å². The van der Waals surface area contributed by atoms with E-state index in [0.717, 1.165) is 57.1 Å². The molecule has 0 fully saturated rings. The fourth-order valence-corrected chi connectivity index (χ4v) is 6.79. The normalized spacial score (nSPS) is 11.2. The number of nitrogens with zero attached hydrogens (tertiary/aromatic N) is 2. The van der Waals surface area contributed by atoms with E-state index in [0.29, 0.717) is 0 Å². The predicted molar refractivity (Wildman–Crippen MR) is 235 cm³/mol. The first-order valence-electron chi connectivity index (χ1n) is 18.7. The van der Waals surface area contributed by atoms with Gasteiger partial charge in [-0.15, -0.1) is 0 Å². The molecule has 0 bridgehead atoms. The van der Waals surface area contributed by atoms with Crippen LogP contribution in [0.1, 0.15) is 51.4 Å². The Labute approximate surface area is 321 Å². The number of aryl methyl sites for hydroxylation is 3. The van der Waals surface area contributed by atoms with Crippen LogP contribution in [0.2, 0.25) is 0 Å². The minimum atomic E-state index is 0.969. The molecule has 7 rings (SSSR count). The van der Waals surface area contributed by atoms with E-state index in [1.54, 1.807) is 0 Å². The molecule has 264 valence electrons. The van der Waals surface area contributed by atoms with E-state index < -0.39 is 0 Å². The molecule has 7 aromatic carbocycles. The Morgan fingerprint density at radius 3 is 1.22 bits per heavy atom. The first-order valence-corrected chi connectivity index (χ1v) is 18.7. The average molecular weight is 699 g/mol. The van der Waals surface area contributed by atoms with E-state index in [1.807, 2.05) is 6.08 Å². The Hall–Kier alpha value is -6.64. The number of benzene rings is 7. The van der Waals surface area contributed by atoms with Crippen molar-refractivity contribution in [2.24, 2.45) is 0 Å². The minimum Gasteiger partial charge on any atom is -0.310 e. The summed E-state index contributed by atoms with van der Waals surface area (Å²) in [7, 11) is 0. The van der Waals surface area contributed by atoms with Gasteiger partial charge in [0.1, 0.15) is 0 Å². The van der Waals surface area contributed by atoms with Gasteiger partial charge in [-0.3, -0.25) is 0 Å². The Kier molecular flexibility index (Phi) is 11.1. The molecule has 0 spiro atoms. The van der Waals surface area contributed by atoms with Gasteiger partial charge in [0.15, 0.2) is 0 Å². The van der Waals surface area contributed by atoms with Gasteiger partial charge in [-0.05, 0) is 114 Å². The maximum absolute atomic E-state index is 4.08. The van der Waals surface area contributed by atoms with Crippen molar-refractivity contribution in [3.05, 3.63) is 221 Å². The van der Waals surface area contributed by atoms with Crippen LogP contribution in [0, 0.1) is 13.8 Å². The maximum Gasteiger partial charge on any atom is 0.0533 e. The van der Waals surface area contributed by atoms with Crippen molar-refractivity contribution < 1.29 is 0 Å². The molecule has 2 nitrogen and oxygen atoms in total. The lowest BCUT2D eigenvalue weighted by Gasteiger charge is -2.27. The fraction of sp³-hybridized carbons (Fsp3) is 0.0769. The molecular formula is C52H46N2. The van der Waals surface area contributed by atoms with E-state index in [-0.39, 0.29) is 0 Å². The van der Waals surface area contributed by atoms with Crippen LogP contribution in [0.15, 0.2) is 176 Å². The SMILES string of the molecule is C=Cc1ccccc1N(c1ccc(C)cc1)c1ccc(C=Cc2ccccc2C=Cc2ccc(N(c3ccc(C)cc3)c3ccccc3CC)cc2)cc1. The summed E-state index contributed by atoms with van der Waals surface area (Å²) in [5.41, 5.74) is 16.3. The summed E-state index contributed by atoms with van der Waals surface area (Å²) in [6, 6.07) is 60.6. The Morgan fingerprint density at radius 2 is 0.778 bits per heavy atom. The molecule has 0 saturated heterocycles. The highest BCUT2D eigenvalue weighted by molar-refractivity contribution is 5.84. The standard InChI is InChI=1S/C52H46N2/c1-5-43-13-9-11-17-51(43)53(47-31-19-39(3)20-32-47)49-35-25-41(26-36-49)23-29-45-15-7-8-16-46(45)30-24-42-27-37-50(38-28-42)54(48-33-21-40(4)22-34-48)52-18-12-10-14-44(52)6-2/h5,7-38H,1,6H2,2-4H3. The third kappa shape index (κ3) is 8.20. The van der Waals surface area contributed by atoms with Crippen molar-refractivity contribution in [3.63, 3.8) is 0 Å². The van der Waals surface area contributed by atoms with Crippen molar-refractivity contribution in [3.8, 4) is 0 Å². The van der Waals surface area contributed by atoms with Crippen molar-refractivity contribution in [2.45, 2.75) is 27.2 Å². The van der Waals surface area contributed by atoms with E-state index in [2.05, 4.69) is 231 Å². The number of rotatable bonds is 12. The molecule has 0 radical (unpaired) electrons. The van der Waals surface area contributed by atoms with Crippen LogP contribution >= 0.6 is 0 Å². The number of hydrogen-bond acceptors (Lipinski definition) is 2. The number of anilines is 6. The maximum atomic E-state index is 4.08. The van der Waals surface area contributed by atoms with Crippen LogP contribution in [0.25, 0.3) is 30.4 Å². The summed E-state index contributed by atoms with van der Waals surface area (Å²) in [6.45, 7) is 10.5. The Bertz CT molecular complexity index is 2380. The van der Waals surface area contributed by atoms with Crippen LogP contribution in [-0.2, 0) is 6.42 Å². The fourth-order valence-electron chi connectivity index (χ4n) is 6.79. The van der Waals surface area contributed by atoms with Gasteiger partial charge in [0.05, 0.1) is 5.69 Å². The third-order valence-corrected chi connectivity index (χ3v) is 9.80. The van der Waals surface area contributed by atoms with Crippen molar-refractivity contribution in [1.82, 2.24) is 0 Å². The summed E-state index contributed by atoms with van der Waals surface area (Å²) in [4.78, 5) is 4.65. The Morgan fingerprint density at radius 1 is 0.407 bits per heavy atom. The number of hydrogen-bond donors (Lipinski definition) is 0. The number of para-hydroxylation sites is 2. The zero-order valence-corrected chi connectivity index (χ0v) is 31.4. The second-order valence-electron chi connectivity index (χ2n) is 13.6. The molecule has 7 aromatic rings. The summed E-state index contributed by atoms with van der Waals surface area (Å²) >= 11 is 0. The average Bonchev–Trinajstić information content (AvgIpc) is 3.22. The van der Waals surface area contributed by atoms with E-state index in [9.17, 15) is 0 Å². The van der Waals surface area contributed by atoms with Crippen LogP contribution < -0.4 is 9.80 Å². The van der Waals surface area contributed by atoms with Gasteiger partial charge in [-0.1, -0.05) is 164 Å². The van der Waals surface area contributed by atoms with Gasteiger partial charge in [0, 0.05) is 28.4 Å². The second kappa shape index (κ2) is 16.8. The van der Waals surface area contributed by atoms with E-state index in [1.165, 1.54) is 27.9 Å². The molecule has 0 saturated carbocycles. The highest BCUT2D eigenvalue weighted by atomic mass is 15.1. The molecule has 0 aliphatic heterocycles. The highest BCUT2D eigenvalue weighted by Gasteiger charge is 2.16. The molecule has 0 atom stereocenters. The molecule has 54 heavy (non-hydrogen) atoms. The molecule has 0 heterocycles. The smallest absolute Gasteiger partial charge is 0.0533 e. The summed E-state index contributed by atoms with van der Waals surface area (Å²) in [5, 5.41) is 0. The summed E-state index contributed by atoms with van der Waals surface area (Å²) in [5.74, 6) is 0. The lowest BCUT2D eigenvalue weighted by molar-refractivity contribution is 1.11. The van der Waals surface area contributed by atoms with Gasteiger partial charge in [-0.2, -0.15) is 0 Å². The van der Waals surface area contributed by atoms with Crippen LogP contribution in [-0.4, -0.2) is 0 Å². The first-order chi connectivity index (χ1) is 26.5. The summed E-state index contributed by atoms with van der Waals surface area (Å²) < 4.78 is 0. The molecule has 0 amide bonds. The van der Waals surface area contributed by atoms with Gasteiger partial charge in [-0.25, -0.2) is 0 Å². The first kappa shape index (κ1) is 35.7. The van der Waals surface area contributed by atoms with Crippen LogP contribution in [0.3, 0.4) is 0 Å². The topological polar surface area (TPSA) is 6.48 Å². The monoisotopic (exact) mass is 698 g/mol. The lowest BCUT2D eigenvalue weighted by Crippen LogP contribution is -2.12. The molecular weight excluding hydrogens is 653 g/mol. The molecule has 2 heteroatoms. The highest BCUT2D eigenvalue weighted by Crippen LogP contribution is 2.39. The largest absolute Gasteiger partial charge is 0.310 e. The van der Waals surface area contributed by atoms with Crippen molar-refractivity contribution in [2.75, 3.05) is 9.80 Å². The zero-order chi connectivity index (χ0) is 37.3. The molecule has 0 unspecified atom stereocenters. The van der Waals surface area contributed by atoms with Crippen LogP contribution in [0.4, 0.5) is 34.1 Å².